The maximum atomic E-state index is 12.4. The number of fused-ring (bicyclic) bond motifs is 1. The average molecular weight is 368 g/mol. The SMILES string of the molecule is COC(=O)c1c(C(=O)OC)c(-c2cccc(Cl)c2)n2c1C[S@](=O)C2. The monoisotopic (exact) mass is 367 g/mol. The number of methoxy groups -OCH3 is 2. The summed E-state index contributed by atoms with van der Waals surface area (Å²) in [4.78, 5) is 24.6. The van der Waals surface area contributed by atoms with E-state index in [4.69, 9.17) is 21.1 Å². The molecule has 24 heavy (non-hydrogen) atoms. The first-order valence-corrected chi connectivity index (χ1v) is 8.87. The van der Waals surface area contributed by atoms with Gasteiger partial charge in [0, 0.05) is 27.1 Å². The normalized spacial score (nSPS) is 15.9. The smallest absolute Gasteiger partial charge is 0.340 e. The molecule has 0 saturated carbocycles. The van der Waals surface area contributed by atoms with Crippen LogP contribution in [0.5, 0.6) is 0 Å². The van der Waals surface area contributed by atoms with E-state index in [0.717, 1.165) is 0 Å². The van der Waals surface area contributed by atoms with E-state index >= 15 is 0 Å². The van der Waals surface area contributed by atoms with Crippen LogP contribution in [0.1, 0.15) is 26.4 Å². The average Bonchev–Trinajstić information content (AvgIpc) is 3.07. The Morgan fingerprint density at radius 2 is 1.83 bits per heavy atom. The van der Waals surface area contributed by atoms with Crippen molar-refractivity contribution < 1.29 is 23.3 Å². The second-order valence-corrected chi connectivity index (χ2v) is 7.04. The van der Waals surface area contributed by atoms with Crippen molar-refractivity contribution in [3.05, 3.63) is 46.1 Å². The molecule has 8 heteroatoms. The van der Waals surface area contributed by atoms with Gasteiger partial charge in [-0.1, -0.05) is 23.7 Å². The number of rotatable bonds is 3. The molecule has 0 fully saturated rings. The van der Waals surface area contributed by atoms with Crippen molar-refractivity contribution in [2.45, 2.75) is 11.6 Å². The topological polar surface area (TPSA) is 74.6 Å². The summed E-state index contributed by atoms with van der Waals surface area (Å²) < 4.78 is 23.4. The maximum absolute atomic E-state index is 12.4. The third-order valence-corrected chi connectivity index (χ3v) is 5.20. The summed E-state index contributed by atoms with van der Waals surface area (Å²) in [6.45, 7) is 0. The Morgan fingerprint density at radius 3 is 2.46 bits per heavy atom. The van der Waals surface area contributed by atoms with Gasteiger partial charge in [0.15, 0.2) is 0 Å². The molecule has 6 nitrogen and oxygen atoms in total. The fourth-order valence-corrected chi connectivity index (χ4v) is 4.32. The van der Waals surface area contributed by atoms with Crippen molar-refractivity contribution >= 4 is 34.3 Å². The zero-order valence-electron chi connectivity index (χ0n) is 13.0. The summed E-state index contributed by atoms with van der Waals surface area (Å²) in [6, 6.07) is 6.89. The van der Waals surface area contributed by atoms with E-state index in [1.54, 1.807) is 28.8 Å². The third kappa shape index (κ3) is 2.63. The van der Waals surface area contributed by atoms with Gasteiger partial charge in [0.05, 0.1) is 37.1 Å². The number of aromatic nitrogens is 1. The van der Waals surface area contributed by atoms with Crippen LogP contribution >= 0.6 is 11.6 Å². The zero-order chi connectivity index (χ0) is 17.4. The number of halogens is 1. The second kappa shape index (κ2) is 6.41. The highest BCUT2D eigenvalue weighted by molar-refractivity contribution is 7.83. The third-order valence-electron chi connectivity index (χ3n) is 3.82. The first-order chi connectivity index (χ1) is 11.5. The largest absolute Gasteiger partial charge is 0.465 e. The second-order valence-electron chi connectivity index (χ2n) is 5.18. The van der Waals surface area contributed by atoms with Crippen LogP contribution in [0.3, 0.4) is 0 Å². The van der Waals surface area contributed by atoms with Crippen molar-refractivity contribution in [1.29, 1.82) is 0 Å². The van der Waals surface area contributed by atoms with Gasteiger partial charge in [-0.2, -0.15) is 0 Å². The summed E-state index contributed by atoms with van der Waals surface area (Å²) in [5, 5.41) is 0.484. The maximum Gasteiger partial charge on any atom is 0.340 e. The van der Waals surface area contributed by atoms with Gasteiger partial charge < -0.3 is 14.0 Å². The minimum absolute atomic E-state index is 0.102. The van der Waals surface area contributed by atoms with Gasteiger partial charge in [-0.25, -0.2) is 9.59 Å². The van der Waals surface area contributed by atoms with E-state index in [-0.39, 0.29) is 22.8 Å². The molecule has 1 aromatic carbocycles. The summed E-state index contributed by atoms with van der Waals surface area (Å²) in [7, 11) is 1.32. The van der Waals surface area contributed by atoms with Crippen molar-refractivity contribution in [2.24, 2.45) is 0 Å². The molecule has 2 aromatic rings. The number of hydrogen-bond donors (Lipinski definition) is 0. The molecule has 0 unspecified atom stereocenters. The summed E-state index contributed by atoms with van der Waals surface area (Å²) in [5.41, 5.74) is 1.82. The minimum Gasteiger partial charge on any atom is -0.465 e. The fraction of sp³-hybridized carbons (Fsp3) is 0.250. The van der Waals surface area contributed by atoms with Gasteiger partial charge in [0.25, 0.3) is 0 Å². The quantitative estimate of drug-likeness (QED) is 0.779. The predicted molar refractivity (Wildman–Crippen MR) is 89.4 cm³/mol. The van der Waals surface area contributed by atoms with E-state index in [2.05, 4.69) is 0 Å². The fourth-order valence-electron chi connectivity index (χ4n) is 2.86. The molecule has 1 aliphatic rings. The van der Waals surface area contributed by atoms with E-state index in [1.165, 1.54) is 14.2 Å². The minimum atomic E-state index is -1.16. The van der Waals surface area contributed by atoms with E-state index in [1.807, 2.05) is 0 Å². The highest BCUT2D eigenvalue weighted by atomic mass is 35.5. The van der Waals surface area contributed by atoms with Gasteiger partial charge in [-0.15, -0.1) is 0 Å². The van der Waals surface area contributed by atoms with Crippen molar-refractivity contribution in [3.63, 3.8) is 0 Å². The van der Waals surface area contributed by atoms with Crippen LogP contribution in [0.25, 0.3) is 11.3 Å². The molecular formula is C16H14ClNO5S. The van der Waals surface area contributed by atoms with Crippen LogP contribution in [0.4, 0.5) is 0 Å². The summed E-state index contributed by atoms with van der Waals surface area (Å²) in [5.74, 6) is -0.947. The Hall–Kier alpha value is -2.12. The lowest BCUT2D eigenvalue weighted by molar-refractivity contribution is 0.0556. The van der Waals surface area contributed by atoms with E-state index in [0.29, 0.717) is 22.0 Å². The lowest BCUT2D eigenvalue weighted by atomic mass is 10.0. The molecule has 1 atom stereocenters. The van der Waals surface area contributed by atoms with Gasteiger partial charge in [-0.3, -0.25) is 4.21 Å². The van der Waals surface area contributed by atoms with E-state index in [9.17, 15) is 13.8 Å². The first-order valence-electron chi connectivity index (χ1n) is 7.00. The van der Waals surface area contributed by atoms with Gasteiger partial charge in [0.1, 0.15) is 5.56 Å². The van der Waals surface area contributed by atoms with Crippen LogP contribution in [0, 0.1) is 0 Å². The number of benzene rings is 1. The standard InChI is InChI=1S/C16H14ClNO5S/c1-22-15(19)12-11-7-24(21)8-18(11)14(13(12)16(20)23-2)9-4-3-5-10(17)6-9/h3-6H,7-8H2,1-2H3/t24-/m0/s1. The molecule has 0 amide bonds. The molecule has 1 aliphatic heterocycles. The molecule has 0 aliphatic carbocycles. The molecule has 0 bridgehead atoms. The van der Waals surface area contributed by atoms with E-state index < -0.39 is 22.7 Å². The van der Waals surface area contributed by atoms with Crippen LogP contribution in [-0.4, -0.2) is 34.9 Å². The van der Waals surface area contributed by atoms with Crippen molar-refractivity contribution in [2.75, 3.05) is 14.2 Å². The lowest BCUT2D eigenvalue weighted by Gasteiger charge is -2.09. The molecule has 0 saturated heterocycles. The number of ether oxygens (including phenoxy) is 2. The molecule has 0 spiro atoms. The van der Waals surface area contributed by atoms with Crippen LogP contribution in [0.2, 0.25) is 5.02 Å². The molecule has 126 valence electrons. The Kier molecular flexibility index (Phi) is 4.47. The number of carbonyl (C=O) groups excluding carboxylic acids is 2. The van der Waals surface area contributed by atoms with Gasteiger partial charge in [0.2, 0.25) is 0 Å². The number of hydrogen-bond acceptors (Lipinski definition) is 5. The molecule has 2 heterocycles. The zero-order valence-corrected chi connectivity index (χ0v) is 14.6. The van der Waals surface area contributed by atoms with Crippen LogP contribution in [-0.2, 0) is 31.9 Å². The van der Waals surface area contributed by atoms with Crippen LogP contribution < -0.4 is 0 Å². The Labute approximate surface area is 145 Å². The Morgan fingerprint density at radius 1 is 1.17 bits per heavy atom. The summed E-state index contributed by atoms with van der Waals surface area (Å²) in [6.07, 6.45) is 0. The van der Waals surface area contributed by atoms with Gasteiger partial charge >= 0.3 is 11.9 Å². The molecule has 0 N–H and O–H groups in total. The number of esters is 2. The Bertz CT molecular complexity index is 874. The van der Waals surface area contributed by atoms with Gasteiger partial charge in [-0.05, 0) is 12.1 Å². The predicted octanol–water partition coefficient (Wildman–Crippen LogP) is 2.60. The highest BCUT2D eigenvalue weighted by Crippen LogP contribution is 2.37. The molecular weight excluding hydrogens is 354 g/mol. The van der Waals surface area contributed by atoms with Crippen molar-refractivity contribution in [3.8, 4) is 11.3 Å². The molecule has 0 radical (unpaired) electrons. The van der Waals surface area contributed by atoms with Crippen molar-refractivity contribution in [1.82, 2.24) is 4.57 Å². The Balaban J connectivity index is 2.37. The molecule has 1 aromatic heterocycles. The number of nitrogens with zero attached hydrogens (tertiary/aromatic N) is 1. The molecule has 3 rings (SSSR count). The number of carbonyl (C=O) groups is 2. The first kappa shape index (κ1) is 16.7. The lowest BCUT2D eigenvalue weighted by Crippen LogP contribution is -2.12. The summed E-state index contributed by atoms with van der Waals surface area (Å²) >= 11 is 6.06. The highest BCUT2D eigenvalue weighted by Gasteiger charge is 2.36. The van der Waals surface area contributed by atoms with Crippen LogP contribution in [0.15, 0.2) is 24.3 Å².